The van der Waals surface area contributed by atoms with Gasteiger partial charge in [0, 0.05) is 22.4 Å². The van der Waals surface area contributed by atoms with Crippen LogP contribution in [0.2, 0.25) is 0 Å². The number of carbonyl (C=O) groups excluding carboxylic acids is 3. The van der Waals surface area contributed by atoms with E-state index in [9.17, 15) is 14.4 Å². The van der Waals surface area contributed by atoms with E-state index in [1.807, 2.05) is 43.3 Å². The van der Waals surface area contributed by atoms with Gasteiger partial charge in [0.2, 0.25) is 5.91 Å². The minimum atomic E-state index is -0.618. The molecule has 1 aliphatic rings. The van der Waals surface area contributed by atoms with Gasteiger partial charge in [-0.25, -0.2) is 4.79 Å². The second-order valence-corrected chi connectivity index (χ2v) is 11.1. The molecule has 1 fully saturated rings. The van der Waals surface area contributed by atoms with Gasteiger partial charge in [0.15, 0.2) is 5.12 Å². The van der Waals surface area contributed by atoms with E-state index in [1.165, 1.54) is 6.42 Å². The first-order chi connectivity index (χ1) is 16.1. The number of amides is 2. The molecule has 34 heavy (non-hydrogen) atoms. The van der Waals surface area contributed by atoms with Crippen molar-refractivity contribution in [2.75, 3.05) is 10.6 Å². The number of anilines is 2. The Morgan fingerprint density at radius 3 is 2.21 bits per heavy atom. The van der Waals surface area contributed by atoms with Gasteiger partial charge in [0.25, 0.3) is 0 Å². The Morgan fingerprint density at radius 1 is 0.912 bits per heavy atom. The van der Waals surface area contributed by atoms with Crippen molar-refractivity contribution in [3.8, 4) is 0 Å². The van der Waals surface area contributed by atoms with Gasteiger partial charge in [-0.3, -0.25) is 14.9 Å². The molecule has 2 aromatic carbocycles. The molecule has 0 heterocycles. The lowest BCUT2D eigenvalue weighted by Crippen LogP contribution is -2.35. The van der Waals surface area contributed by atoms with Gasteiger partial charge in [-0.15, -0.1) is 0 Å². The van der Waals surface area contributed by atoms with E-state index in [1.54, 1.807) is 32.9 Å². The molecule has 2 N–H and O–H groups in total. The maximum Gasteiger partial charge on any atom is 0.412 e. The average molecular weight is 483 g/mol. The molecule has 182 valence electrons. The van der Waals surface area contributed by atoms with E-state index in [4.69, 9.17) is 4.74 Å². The fourth-order valence-corrected chi connectivity index (χ4v) is 4.86. The highest BCUT2D eigenvalue weighted by molar-refractivity contribution is 8.13. The molecule has 2 amide bonds. The van der Waals surface area contributed by atoms with Crippen LogP contribution in [0.25, 0.3) is 0 Å². The van der Waals surface area contributed by atoms with Gasteiger partial charge >= 0.3 is 6.09 Å². The Balaban J connectivity index is 1.67. The second-order valence-electron chi connectivity index (χ2n) is 10.0. The third-order valence-corrected chi connectivity index (χ3v) is 6.80. The Labute approximate surface area is 206 Å². The van der Waals surface area contributed by atoms with Gasteiger partial charge in [0.05, 0.1) is 5.69 Å². The summed E-state index contributed by atoms with van der Waals surface area (Å²) in [7, 11) is 0. The number of para-hydroxylation sites is 2. The highest BCUT2D eigenvalue weighted by Gasteiger charge is 2.34. The van der Waals surface area contributed by atoms with Crippen molar-refractivity contribution in [2.45, 2.75) is 76.7 Å². The van der Waals surface area contributed by atoms with Crippen LogP contribution in [-0.2, 0) is 20.7 Å². The number of nitrogens with one attached hydrogen (secondary N) is 2. The lowest BCUT2D eigenvalue weighted by Gasteiger charge is -2.32. The summed E-state index contributed by atoms with van der Waals surface area (Å²) in [5, 5.41) is 5.70. The van der Waals surface area contributed by atoms with E-state index in [0.29, 0.717) is 21.8 Å². The first kappa shape index (κ1) is 25.8. The Bertz CT molecular complexity index is 1040. The third-order valence-electron chi connectivity index (χ3n) is 5.85. The normalized spacial score (nSPS) is 15.3. The largest absolute Gasteiger partial charge is 0.444 e. The summed E-state index contributed by atoms with van der Waals surface area (Å²) >= 11 is 1.09. The molecule has 0 unspecified atom stereocenters. The fraction of sp³-hybridized carbons (Fsp3) is 0.444. The monoisotopic (exact) mass is 482 g/mol. The molecule has 7 heteroatoms. The topological polar surface area (TPSA) is 84.5 Å². The summed E-state index contributed by atoms with van der Waals surface area (Å²) in [5.74, 6) is 0.0135. The standard InChI is InChI=1S/C27H34N2O4S/c1-26(2,3)33-25(32)29-20-13-7-6-12-19(20)18-23(30)34-22-15-9-8-14-21(22)28-24(31)27(4)16-10-5-11-17-27/h6-9,12-15H,5,10-11,16-18H2,1-4H3,(H,28,31)(H,29,32). The molecule has 0 aliphatic heterocycles. The lowest BCUT2D eigenvalue weighted by molar-refractivity contribution is -0.126. The van der Waals surface area contributed by atoms with Crippen LogP contribution in [0, 0.1) is 5.41 Å². The van der Waals surface area contributed by atoms with E-state index in [-0.39, 0.29) is 22.9 Å². The van der Waals surface area contributed by atoms with E-state index in [2.05, 4.69) is 10.6 Å². The quantitative estimate of drug-likeness (QED) is 0.442. The van der Waals surface area contributed by atoms with Crippen LogP contribution in [0.1, 0.15) is 65.4 Å². The maximum atomic E-state index is 13.0. The van der Waals surface area contributed by atoms with Crippen LogP contribution in [0.5, 0.6) is 0 Å². The van der Waals surface area contributed by atoms with Gasteiger partial charge in [-0.1, -0.05) is 56.5 Å². The van der Waals surface area contributed by atoms with E-state index >= 15 is 0 Å². The zero-order valence-electron chi connectivity index (χ0n) is 20.4. The zero-order chi connectivity index (χ0) is 24.8. The highest BCUT2D eigenvalue weighted by atomic mass is 32.2. The molecule has 0 radical (unpaired) electrons. The summed E-state index contributed by atoms with van der Waals surface area (Å²) in [5.41, 5.74) is 0.900. The molecule has 2 aromatic rings. The van der Waals surface area contributed by atoms with Gasteiger partial charge in [-0.2, -0.15) is 0 Å². The predicted molar refractivity (Wildman–Crippen MR) is 137 cm³/mol. The first-order valence-electron chi connectivity index (χ1n) is 11.7. The van der Waals surface area contributed by atoms with Crippen molar-refractivity contribution >= 4 is 40.3 Å². The van der Waals surface area contributed by atoms with Crippen LogP contribution in [0.4, 0.5) is 16.2 Å². The SMILES string of the molecule is CC(C)(C)OC(=O)Nc1ccccc1CC(=O)Sc1ccccc1NC(=O)C1(C)CCCCC1. The smallest absolute Gasteiger partial charge is 0.412 e. The molecule has 3 rings (SSSR count). The molecule has 0 spiro atoms. The molecule has 0 aromatic heterocycles. The van der Waals surface area contributed by atoms with E-state index in [0.717, 1.165) is 37.4 Å². The van der Waals surface area contributed by atoms with Crippen molar-refractivity contribution in [3.63, 3.8) is 0 Å². The highest BCUT2D eigenvalue weighted by Crippen LogP contribution is 2.38. The maximum absolute atomic E-state index is 13.0. The van der Waals surface area contributed by atoms with Crippen molar-refractivity contribution in [2.24, 2.45) is 5.41 Å². The molecule has 0 saturated heterocycles. The van der Waals surface area contributed by atoms with Crippen molar-refractivity contribution in [1.82, 2.24) is 0 Å². The number of benzene rings is 2. The van der Waals surface area contributed by atoms with Crippen LogP contribution < -0.4 is 10.6 Å². The number of rotatable bonds is 6. The molecule has 0 bridgehead atoms. The number of thioether (sulfide) groups is 1. The zero-order valence-corrected chi connectivity index (χ0v) is 21.2. The molecular formula is C27H34N2O4S. The van der Waals surface area contributed by atoms with Crippen LogP contribution in [-0.4, -0.2) is 22.7 Å². The van der Waals surface area contributed by atoms with Gasteiger partial charge in [0.1, 0.15) is 5.60 Å². The van der Waals surface area contributed by atoms with Gasteiger partial charge in [-0.05, 0) is 69.1 Å². The second kappa shape index (κ2) is 11.1. The Kier molecular flexibility index (Phi) is 8.42. The average Bonchev–Trinajstić information content (AvgIpc) is 2.75. The number of hydrogen-bond acceptors (Lipinski definition) is 5. The molecule has 1 aliphatic carbocycles. The number of hydrogen-bond donors (Lipinski definition) is 2. The molecule has 6 nitrogen and oxygen atoms in total. The predicted octanol–water partition coefficient (Wildman–Crippen LogP) is 6.80. The summed E-state index contributed by atoms with van der Waals surface area (Å²) in [6.45, 7) is 7.41. The fourth-order valence-electron chi connectivity index (χ4n) is 4.02. The minimum absolute atomic E-state index is 0.0135. The van der Waals surface area contributed by atoms with Crippen LogP contribution >= 0.6 is 11.8 Å². The van der Waals surface area contributed by atoms with Crippen molar-refractivity contribution in [1.29, 1.82) is 0 Å². The van der Waals surface area contributed by atoms with Crippen LogP contribution in [0.3, 0.4) is 0 Å². The molecule has 0 atom stereocenters. The number of ether oxygens (including phenoxy) is 1. The van der Waals surface area contributed by atoms with Gasteiger partial charge < -0.3 is 10.1 Å². The lowest BCUT2D eigenvalue weighted by atomic mass is 9.75. The third kappa shape index (κ3) is 7.35. The summed E-state index contributed by atoms with van der Waals surface area (Å²) in [4.78, 5) is 38.9. The summed E-state index contributed by atoms with van der Waals surface area (Å²) in [6.07, 6.45) is 4.63. The molecular weight excluding hydrogens is 448 g/mol. The number of carbonyl (C=O) groups is 3. The first-order valence-corrected chi connectivity index (χ1v) is 12.6. The minimum Gasteiger partial charge on any atom is -0.444 e. The van der Waals surface area contributed by atoms with Crippen molar-refractivity contribution in [3.05, 3.63) is 54.1 Å². The Hall–Kier alpha value is -2.80. The summed E-state index contributed by atoms with van der Waals surface area (Å²) < 4.78 is 5.33. The summed E-state index contributed by atoms with van der Waals surface area (Å²) in [6, 6.07) is 14.6. The van der Waals surface area contributed by atoms with Crippen molar-refractivity contribution < 1.29 is 19.1 Å². The Morgan fingerprint density at radius 2 is 1.53 bits per heavy atom. The van der Waals surface area contributed by atoms with E-state index < -0.39 is 11.7 Å². The van der Waals surface area contributed by atoms with Crippen LogP contribution in [0.15, 0.2) is 53.4 Å². The molecule has 1 saturated carbocycles.